The largest absolute Gasteiger partial charge is 0.466 e. The SMILES string of the molecule is CCC1=C(C(=O)OC)C(c2ccc(C(F)(F)F)cc2)N2C(CC(=O)NCC3CCCO3)=CSC2=N1. The summed E-state index contributed by atoms with van der Waals surface area (Å²) in [6.45, 7) is 2.94. The topological polar surface area (TPSA) is 80.2 Å². The number of aliphatic imine (C=N–C) groups is 1. The van der Waals surface area contributed by atoms with Crippen LogP contribution in [0.2, 0.25) is 0 Å². The van der Waals surface area contributed by atoms with Crippen molar-refractivity contribution in [2.24, 2.45) is 4.99 Å². The molecule has 3 heterocycles. The molecule has 3 aliphatic heterocycles. The molecule has 0 spiro atoms. The lowest BCUT2D eigenvalue weighted by molar-refractivity contribution is -0.138. The van der Waals surface area contributed by atoms with Crippen molar-refractivity contribution in [3.63, 3.8) is 0 Å². The first-order valence-corrected chi connectivity index (χ1v) is 12.2. The van der Waals surface area contributed by atoms with Gasteiger partial charge in [-0.05, 0) is 42.4 Å². The zero-order chi connectivity index (χ0) is 25.2. The molecule has 0 aromatic heterocycles. The molecule has 7 nitrogen and oxygen atoms in total. The van der Waals surface area contributed by atoms with E-state index in [-0.39, 0.29) is 24.0 Å². The van der Waals surface area contributed by atoms with Crippen LogP contribution in [0.3, 0.4) is 0 Å². The van der Waals surface area contributed by atoms with Gasteiger partial charge in [0.15, 0.2) is 5.17 Å². The summed E-state index contributed by atoms with van der Waals surface area (Å²) >= 11 is 1.31. The number of carbonyl (C=O) groups is 2. The first kappa shape index (κ1) is 25.3. The zero-order valence-electron chi connectivity index (χ0n) is 19.4. The van der Waals surface area contributed by atoms with E-state index < -0.39 is 23.8 Å². The predicted molar refractivity (Wildman–Crippen MR) is 125 cm³/mol. The molecule has 4 rings (SSSR count). The average molecular weight is 510 g/mol. The molecule has 2 unspecified atom stereocenters. The van der Waals surface area contributed by atoms with Crippen LogP contribution in [-0.2, 0) is 25.2 Å². The lowest BCUT2D eigenvalue weighted by Crippen LogP contribution is -2.39. The number of nitrogens with one attached hydrogen (secondary N) is 1. The smallest absolute Gasteiger partial charge is 0.416 e. The summed E-state index contributed by atoms with van der Waals surface area (Å²) in [5.41, 5.74) is 1.01. The summed E-state index contributed by atoms with van der Waals surface area (Å²) in [6, 6.07) is 3.90. The Hall–Kier alpha value is -2.79. The minimum atomic E-state index is -4.48. The Bertz CT molecular complexity index is 1080. The fraction of sp³-hybridized carbons (Fsp3) is 0.458. The summed E-state index contributed by atoms with van der Waals surface area (Å²) < 4.78 is 50.1. The van der Waals surface area contributed by atoms with Gasteiger partial charge in [-0.3, -0.25) is 4.79 Å². The Morgan fingerprint density at radius 2 is 2.03 bits per heavy atom. The van der Waals surface area contributed by atoms with Crippen LogP contribution in [0.5, 0.6) is 0 Å². The van der Waals surface area contributed by atoms with Crippen LogP contribution >= 0.6 is 11.8 Å². The number of halogens is 3. The number of fused-ring (bicyclic) bond motifs is 1. The predicted octanol–water partition coefficient (Wildman–Crippen LogP) is 4.53. The number of amides is 1. The number of alkyl halides is 3. The van der Waals surface area contributed by atoms with Crippen molar-refractivity contribution in [3.8, 4) is 0 Å². The van der Waals surface area contributed by atoms with Crippen molar-refractivity contribution in [2.75, 3.05) is 20.3 Å². The van der Waals surface area contributed by atoms with Crippen LogP contribution in [0.1, 0.15) is 49.8 Å². The van der Waals surface area contributed by atoms with E-state index >= 15 is 0 Å². The van der Waals surface area contributed by atoms with E-state index in [9.17, 15) is 22.8 Å². The van der Waals surface area contributed by atoms with E-state index in [4.69, 9.17) is 9.47 Å². The molecule has 2 atom stereocenters. The molecule has 1 saturated heterocycles. The molecule has 1 aromatic carbocycles. The number of hydrogen-bond donors (Lipinski definition) is 1. The highest BCUT2D eigenvalue weighted by Gasteiger charge is 2.42. The summed E-state index contributed by atoms with van der Waals surface area (Å²) in [7, 11) is 1.25. The number of ether oxygens (including phenoxy) is 2. The van der Waals surface area contributed by atoms with Gasteiger partial charge in [0.2, 0.25) is 5.91 Å². The Morgan fingerprint density at radius 3 is 2.63 bits per heavy atom. The first-order valence-electron chi connectivity index (χ1n) is 11.3. The number of thioether (sulfide) groups is 1. The van der Waals surface area contributed by atoms with E-state index in [1.54, 1.807) is 10.3 Å². The van der Waals surface area contributed by atoms with Crippen LogP contribution in [0.25, 0.3) is 0 Å². The summed E-state index contributed by atoms with van der Waals surface area (Å²) in [5, 5.41) is 5.23. The van der Waals surface area contributed by atoms with Gasteiger partial charge in [-0.25, -0.2) is 9.79 Å². The Labute approximate surface area is 205 Å². The van der Waals surface area contributed by atoms with Gasteiger partial charge < -0.3 is 19.7 Å². The number of hydrogen-bond acceptors (Lipinski definition) is 7. The van der Waals surface area contributed by atoms with E-state index in [0.29, 0.717) is 41.7 Å². The Morgan fingerprint density at radius 1 is 1.29 bits per heavy atom. The maximum absolute atomic E-state index is 13.2. The fourth-order valence-corrected chi connectivity index (χ4v) is 5.28. The van der Waals surface area contributed by atoms with Crippen molar-refractivity contribution >= 4 is 28.8 Å². The summed E-state index contributed by atoms with van der Waals surface area (Å²) in [6.07, 6.45) is -2.18. The molecule has 35 heavy (non-hydrogen) atoms. The summed E-state index contributed by atoms with van der Waals surface area (Å²) in [5.74, 6) is -0.835. The van der Waals surface area contributed by atoms with Crippen LogP contribution in [0.4, 0.5) is 13.2 Å². The molecular formula is C24H26F3N3O4S. The molecule has 0 radical (unpaired) electrons. The Balaban J connectivity index is 1.64. The average Bonchev–Trinajstić information content (AvgIpc) is 3.50. The van der Waals surface area contributed by atoms with Crippen molar-refractivity contribution < 1.29 is 32.2 Å². The van der Waals surface area contributed by atoms with Crippen LogP contribution in [-0.4, -0.2) is 48.3 Å². The molecule has 1 fully saturated rings. The maximum Gasteiger partial charge on any atom is 0.416 e. The quantitative estimate of drug-likeness (QED) is 0.544. The van der Waals surface area contributed by atoms with E-state index in [1.165, 1.54) is 31.0 Å². The number of methoxy groups -OCH3 is 1. The third kappa shape index (κ3) is 5.40. The van der Waals surface area contributed by atoms with Gasteiger partial charge in [-0.1, -0.05) is 30.8 Å². The van der Waals surface area contributed by atoms with Gasteiger partial charge in [0.1, 0.15) is 0 Å². The van der Waals surface area contributed by atoms with E-state index in [1.807, 2.05) is 6.92 Å². The fourth-order valence-electron chi connectivity index (χ4n) is 4.34. The second kappa shape index (κ2) is 10.4. The van der Waals surface area contributed by atoms with Crippen LogP contribution in [0, 0.1) is 0 Å². The van der Waals surface area contributed by atoms with E-state index in [0.717, 1.165) is 25.0 Å². The lowest BCUT2D eigenvalue weighted by atomic mass is 9.92. The number of nitrogens with zero attached hydrogens (tertiary/aromatic N) is 2. The minimum Gasteiger partial charge on any atom is -0.466 e. The zero-order valence-corrected chi connectivity index (χ0v) is 20.2. The molecular weight excluding hydrogens is 483 g/mol. The maximum atomic E-state index is 13.2. The highest BCUT2D eigenvalue weighted by Crippen LogP contribution is 2.45. The monoisotopic (exact) mass is 509 g/mol. The number of rotatable bonds is 7. The number of benzene rings is 1. The molecule has 188 valence electrons. The van der Waals surface area contributed by atoms with Crippen molar-refractivity contribution in [1.29, 1.82) is 0 Å². The number of allylic oxidation sites excluding steroid dienone is 1. The highest BCUT2D eigenvalue weighted by atomic mass is 32.2. The third-order valence-corrected chi connectivity index (χ3v) is 6.96. The van der Waals surface area contributed by atoms with Crippen LogP contribution < -0.4 is 5.32 Å². The number of amidine groups is 1. The van der Waals surface area contributed by atoms with Crippen LogP contribution in [0.15, 0.2) is 51.6 Å². The Kier molecular flexibility index (Phi) is 7.56. The van der Waals surface area contributed by atoms with Crippen molar-refractivity contribution in [1.82, 2.24) is 10.2 Å². The molecule has 3 aliphatic rings. The van der Waals surface area contributed by atoms with E-state index in [2.05, 4.69) is 10.3 Å². The molecule has 0 bridgehead atoms. The van der Waals surface area contributed by atoms with Gasteiger partial charge in [-0.15, -0.1) is 0 Å². The standard InChI is InChI=1S/C24H26F3N3O4S/c1-3-18-20(22(32)33-2)21(14-6-8-15(9-7-14)24(25,26)27)30-16(13-35-23(30)29-18)11-19(31)28-12-17-5-4-10-34-17/h6-9,13,17,21H,3-5,10-12H2,1-2H3,(H,28,31). The first-order chi connectivity index (χ1) is 16.7. The highest BCUT2D eigenvalue weighted by molar-refractivity contribution is 8.16. The van der Waals surface area contributed by atoms with Gasteiger partial charge >= 0.3 is 12.1 Å². The molecule has 0 aliphatic carbocycles. The van der Waals surface area contributed by atoms with Gasteiger partial charge in [0, 0.05) is 18.8 Å². The number of carbonyl (C=O) groups excluding carboxylic acids is 2. The molecule has 0 saturated carbocycles. The van der Waals surface area contributed by atoms with Crippen molar-refractivity contribution in [2.45, 2.75) is 50.9 Å². The second-order valence-electron chi connectivity index (χ2n) is 8.34. The van der Waals surface area contributed by atoms with Gasteiger partial charge in [-0.2, -0.15) is 13.2 Å². The molecule has 11 heteroatoms. The molecule has 1 amide bonds. The van der Waals surface area contributed by atoms with Gasteiger partial charge in [0.25, 0.3) is 0 Å². The second-order valence-corrected chi connectivity index (χ2v) is 9.17. The minimum absolute atomic E-state index is 0.00105. The summed E-state index contributed by atoms with van der Waals surface area (Å²) in [4.78, 5) is 31.9. The molecule has 1 aromatic rings. The van der Waals surface area contributed by atoms with Crippen molar-refractivity contribution in [3.05, 3.63) is 57.8 Å². The number of esters is 1. The van der Waals surface area contributed by atoms with Gasteiger partial charge in [0.05, 0.1) is 42.5 Å². The molecule has 1 N–H and O–H groups in total. The normalized spacial score (nSPS) is 22.0. The third-order valence-electron chi connectivity index (χ3n) is 6.08. The lowest BCUT2D eigenvalue weighted by Gasteiger charge is -2.36.